The molecule has 8 heteroatoms. The fourth-order valence-corrected chi connectivity index (χ4v) is 1.11. The molecule has 0 amide bonds. The lowest BCUT2D eigenvalue weighted by molar-refractivity contribution is -0.156. The van der Waals surface area contributed by atoms with Gasteiger partial charge >= 0.3 is 18.3 Å². The molecule has 0 heterocycles. The number of nitrogens with one attached hydrogen (secondary N) is 1. The largest absolute Gasteiger partial charge is 0.458 e. The van der Waals surface area contributed by atoms with Gasteiger partial charge in [0.15, 0.2) is 4.99 Å². The van der Waals surface area contributed by atoms with Gasteiger partial charge in [0.05, 0.1) is 0 Å². The summed E-state index contributed by atoms with van der Waals surface area (Å²) >= 11 is 4.15. The Labute approximate surface area is 108 Å². The van der Waals surface area contributed by atoms with Crippen LogP contribution in [0.4, 0.5) is 17.6 Å². The van der Waals surface area contributed by atoms with Crippen molar-refractivity contribution in [2.24, 2.45) is 0 Å². The number of thiocarbonyl (C=S) groups is 1. The van der Waals surface area contributed by atoms with Crippen LogP contribution in [0.3, 0.4) is 0 Å². The monoisotopic (exact) mass is 289 g/mol. The Kier molecular flexibility index (Phi) is 5.52. The highest BCUT2D eigenvalue weighted by atomic mass is 32.1. The fourth-order valence-electron chi connectivity index (χ4n) is 0.841. The molecule has 0 aliphatic heterocycles. The normalized spacial score (nSPS) is 14.3. The van der Waals surface area contributed by atoms with Gasteiger partial charge in [0, 0.05) is 0 Å². The summed E-state index contributed by atoms with van der Waals surface area (Å²) < 4.78 is 54.5. The summed E-state index contributed by atoms with van der Waals surface area (Å²) in [6.07, 6.45) is -3.93. The number of alkyl halides is 4. The van der Waals surface area contributed by atoms with Gasteiger partial charge in [0.1, 0.15) is 11.6 Å². The van der Waals surface area contributed by atoms with Crippen LogP contribution in [0.15, 0.2) is 0 Å². The topological polar surface area (TPSA) is 38.3 Å². The van der Waals surface area contributed by atoms with Gasteiger partial charge in [-0.3, -0.25) is 0 Å². The predicted molar refractivity (Wildman–Crippen MR) is 62.0 cm³/mol. The van der Waals surface area contributed by atoms with Crippen molar-refractivity contribution in [2.45, 2.75) is 51.7 Å². The summed E-state index contributed by atoms with van der Waals surface area (Å²) in [5.74, 6) is -5.32. The molecule has 0 bridgehead atoms. The van der Waals surface area contributed by atoms with Crippen molar-refractivity contribution in [3.63, 3.8) is 0 Å². The van der Waals surface area contributed by atoms with Crippen LogP contribution < -0.4 is 5.32 Å². The Morgan fingerprint density at radius 3 is 2.06 bits per heavy atom. The van der Waals surface area contributed by atoms with E-state index in [1.807, 2.05) is 5.32 Å². The van der Waals surface area contributed by atoms with E-state index in [0.29, 0.717) is 0 Å². The van der Waals surface area contributed by atoms with Crippen molar-refractivity contribution in [3.05, 3.63) is 0 Å². The Morgan fingerprint density at radius 2 is 1.72 bits per heavy atom. The van der Waals surface area contributed by atoms with Crippen LogP contribution in [-0.2, 0) is 9.53 Å². The van der Waals surface area contributed by atoms with Gasteiger partial charge < -0.3 is 10.1 Å². The third-order valence-corrected chi connectivity index (χ3v) is 2.07. The molecule has 0 aromatic heterocycles. The van der Waals surface area contributed by atoms with E-state index in [2.05, 4.69) is 12.2 Å². The van der Waals surface area contributed by atoms with Crippen molar-refractivity contribution in [3.8, 4) is 0 Å². The van der Waals surface area contributed by atoms with Gasteiger partial charge in [-0.1, -0.05) is 12.2 Å². The van der Waals surface area contributed by atoms with Crippen LogP contribution in [0.2, 0.25) is 0 Å². The van der Waals surface area contributed by atoms with Gasteiger partial charge in [0.2, 0.25) is 0 Å². The molecule has 0 aromatic carbocycles. The molecule has 0 unspecified atom stereocenters. The first kappa shape index (κ1) is 17.1. The molecule has 0 aromatic rings. The predicted octanol–water partition coefficient (Wildman–Crippen LogP) is 2.53. The van der Waals surface area contributed by atoms with E-state index in [4.69, 9.17) is 4.74 Å². The summed E-state index contributed by atoms with van der Waals surface area (Å²) in [7, 11) is 0. The van der Waals surface area contributed by atoms with Crippen LogP contribution in [0.5, 0.6) is 0 Å². The maximum atomic E-state index is 12.8. The van der Waals surface area contributed by atoms with Crippen LogP contribution in [-0.4, -0.2) is 34.9 Å². The first-order valence-corrected chi connectivity index (χ1v) is 5.48. The fraction of sp³-hybridized carbons (Fsp3) is 0.800. The van der Waals surface area contributed by atoms with Crippen LogP contribution in [0.25, 0.3) is 0 Å². The minimum absolute atomic E-state index is 0.806. The molecule has 0 aliphatic carbocycles. The quantitative estimate of drug-likeness (QED) is 0.490. The Morgan fingerprint density at radius 1 is 1.28 bits per heavy atom. The first-order valence-electron chi connectivity index (χ1n) is 5.07. The molecular formula is C10H15F4NO2S. The lowest BCUT2D eigenvalue weighted by atomic mass is 10.2. The third-order valence-electron chi connectivity index (χ3n) is 1.68. The third kappa shape index (κ3) is 5.16. The van der Waals surface area contributed by atoms with E-state index in [-0.39, 0.29) is 0 Å². The number of hydrogen-bond donors (Lipinski definition) is 1. The van der Waals surface area contributed by atoms with Gasteiger partial charge in [-0.15, -0.1) is 0 Å². The van der Waals surface area contributed by atoms with Crippen LogP contribution in [0, 0.1) is 0 Å². The Balaban J connectivity index is 4.54. The summed E-state index contributed by atoms with van der Waals surface area (Å²) in [5, 5.41) is 1.85. The molecule has 0 aliphatic rings. The summed E-state index contributed by atoms with van der Waals surface area (Å²) in [6, 6.07) is -1.23. The molecule has 3 nitrogen and oxygen atoms in total. The van der Waals surface area contributed by atoms with Crippen LogP contribution >= 0.6 is 12.2 Å². The van der Waals surface area contributed by atoms with E-state index >= 15 is 0 Å². The van der Waals surface area contributed by atoms with Crippen molar-refractivity contribution in [2.75, 3.05) is 0 Å². The highest BCUT2D eigenvalue weighted by Gasteiger charge is 2.46. The molecule has 0 saturated heterocycles. The van der Waals surface area contributed by atoms with E-state index in [9.17, 15) is 22.4 Å². The van der Waals surface area contributed by atoms with E-state index < -0.39 is 34.9 Å². The van der Waals surface area contributed by atoms with Crippen molar-refractivity contribution >= 4 is 23.2 Å². The summed E-state index contributed by atoms with van der Waals surface area (Å²) in [4.78, 5) is 10.0. The number of carbonyl (C=O) groups is 1. The minimum atomic E-state index is -4.47. The second kappa shape index (κ2) is 5.81. The minimum Gasteiger partial charge on any atom is -0.458 e. The van der Waals surface area contributed by atoms with Crippen molar-refractivity contribution < 1.29 is 27.1 Å². The van der Waals surface area contributed by atoms with E-state index in [1.54, 1.807) is 20.8 Å². The average Bonchev–Trinajstić information content (AvgIpc) is 2.14. The second-order valence-electron chi connectivity index (χ2n) is 4.65. The van der Waals surface area contributed by atoms with Crippen molar-refractivity contribution in [1.29, 1.82) is 0 Å². The maximum absolute atomic E-state index is 12.8. The van der Waals surface area contributed by atoms with Crippen molar-refractivity contribution in [1.82, 2.24) is 5.32 Å². The van der Waals surface area contributed by atoms with E-state index in [1.165, 1.54) is 6.92 Å². The molecule has 0 spiro atoms. The first-order chi connectivity index (χ1) is 7.88. The van der Waals surface area contributed by atoms with E-state index in [0.717, 1.165) is 0 Å². The molecular weight excluding hydrogens is 274 g/mol. The molecule has 0 rings (SSSR count). The number of carbonyl (C=O) groups excluding carboxylic acids is 1. The zero-order chi connectivity index (χ0) is 14.7. The number of esters is 1. The maximum Gasteiger partial charge on any atom is 0.356 e. The Bertz CT molecular complexity index is 328. The SMILES string of the molecule is C[C@H](NC(=S)C(F)(F)C(F)F)C(=O)OC(C)(C)C. The molecule has 1 atom stereocenters. The summed E-state index contributed by atoms with van der Waals surface area (Å²) in [6.45, 7) is 5.96. The van der Waals surface area contributed by atoms with Crippen LogP contribution in [0.1, 0.15) is 27.7 Å². The lowest BCUT2D eigenvalue weighted by Gasteiger charge is -2.25. The zero-order valence-corrected chi connectivity index (χ0v) is 11.2. The zero-order valence-electron chi connectivity index (χ0n) is 10.4. The number of ether oxygens (including phenoxy) is 1. The highest BCUT2D eigenvalue weighted by Crippen LogP contribution is 2.24. The van der Waals surface area contributed by atoms with Gasteiger partial charge in [-0.05, 0) is 27.7 Å². The van der Waals surface area contributed by atoms with Gasteiger partial charge in [0.25, 0.3) is 0 Å². The average molecular weight is 289 g/mol. The highest BCUT2D eigenvalue weighted by molar-refractivity contribution is 7.80. The van der Waals surface area contributed by atoms with Gasteiger partial charge in [-0.2, -0.15) is 8.78 Å². The summed E-state index contributed by atoms with van der Waals surface area (Å²) in [5.41, 5.74) is -0.806. The molecule has 0 saturated carbocycles. The standard InChI is InChI=1S/C10H15F4NO2S/c1-5(6(16)17-9(2,3)4)15-8(18)10(13,14)7(11)12/h5,7H,1-4H3,(H,15,18)/t5-/m0/s1. The number of rotatable bonds is 4. The number of halogens is 4. The second-order valence-corrected chi connectivity index (χ2v) is 5.06. The smallest absolute Gasteiger partial charge is 0.356 e. The molecule has 106 valence electrons. The Hall–Kier alpha value is -0.920. The molecule has 18 heavy (non-hydrogen) atoms. The molecule has 0 fully saturated rings. The molecule has 0 radical (unpaired) electrons. The molecule has 1 N–H and O–H groups in total. The number of hydrogen-bond acceptors (Lipinski definition) is 3. The van der Waals surface area contributed by atoms with Gasteiger partial charge in [-0.25, -0.2) is 13.6 Å². The lowest BCUT2D eigenvalue weighted by Crippen LogP contribution is -2.50.